The van der Waals surface area contributed by atoms with Crippen LogP contribution in [0, 0.1) is 18.8 Å². The minimum atomic E-state index is -5.08. The van der Waals surface area contributed by atoms with Crippen molar-refractivity contribution >= 4 is 18.0 Å². The summed E-state index contributed by atoms with van der Waals surface area (Å²) in [6.45, 7) is 0.782. The van der Waals surface area contributed by atoms with E-state index in [4.69, 9.17) is 15.0 Å². The molecule has 1 aromatic rings. The summed E-state index contributed by atoms with van der Waals surface area (Å²) in [5, 5.41) is 18.5. The van der Waals surface area contributed by atoms with Crippen molar-refractivity contribution in [2.45, 2.75) is 25.8 Å². The van der Waals surface area contributed by atoms with E-state index in [0.29, 0.717) is 5.69 Å². The number of alkyl halides is 6. The van der Waals surface area contributed by atoms with Crippen molar-refractivity contribution in [3.63, 3.8) is 0 Å². The van der Waals surface area contributed by atoms with Crippen molar-refractivity contribution in [2.75, 3.05) is 13.1 Å². The standard InChI is InChI=1S/C14H16F3N3O3.C2HF3O2/c1-8-2-3-18-9(4-8)5-19-13(23)20-6-10(12(21)22)11(7-20)14(15,16)17;3-2(4,5)1(6)7/h2-4,10-11H,5-7H2,1H3,(H,19,23)(H,21,22);(H,6,7)/t10-,11-;/m1./s1. The molecule has 0 bridgehead atoms. The molecule has 14 heteroatoms. The lowest BCUT2D eigenvalue weighted by Gasteiger charge is -2.18. The number of nitrogens with zero attached hydrogens (tertiary/aromatic N) is 2. The predicted octanol–water partition coefficient (Wildman–Crippen LogP) is 2.43. The number of urea groups is 1. The number of pyridine rings is 1. The van der Waals surface area contributed by atoms with Crippen LogP contribution in [0.5, 0.6) is 0 Å². The second kappa shape index (κ2) is 9.63. The van der Waals surface area contributed by atoms with Crippen LogP contribution < -0.4 is 5.32 Å². The van der Waals surface area contributed by atoms with Crippen LogP contribution in [0.4, 0.5) is 31.1 Å². The third-order valence-electron chi connectivity index (χ3n) is 3.98. The Morgan fingerprint density at radius 1 is 1.17 bits per heavy atom. The second-order valence-corrected chi connectivity index (χ2v) is 6.28. The Morgan fingerprint density at radius 2 is 1.73 bits per heavy atom. The minimum absolute atomic E-state index is 0.0609. The van der Waals surface area contributed by atoms with Gasteiger partial charge in [-0.2, -0.15) is 26.3 Å². The molecule has 0 unspecified atom stereocenters. The Morgan fingerprint density at radius 3 is 2.13 bits per heavy atom. The van der Waals surface area contributed by atoms with Gasteiger partial charge in [0, 0.05) is 19.3 Å². The number of aromatic nitrogens is 1. The van der Waals surface area contributed by atoms with Crippen LogP contribution in [0.3, 0.4) is 0 Å². The van der Waals surface area contributed by atoms with Gasteiger partial charge in [-0.15, -0.1) is 0 Å². The third kappa shape index (κ3) is 7.40. The number of amides is 2. The number of likely N-dealkylation sites (tertiary alicyclic amines) is 1. The van der Waals surface area contributed by atoms with Gasteiger partial charge in [-0.3, -0.25) is 9.78 Å². The average Bonchev–Trinajstić information content (AvgIpc) is 3.05. The van der Waals surface area contributed by atoms with E-state index >= 15 is 0 Å². The number of carboxylic acid groups (broad SMARTS) is 2. The Bertz CT molecular complexity index is 783. The lowest BCUT2D eigenvalue weighted by Crippen LogP contribution is -2.39. The van der Waals surface area contributed by atoms with E-state index in [-0.39, 0.29) is 6.54 Å². The first-order chi connectivity index (χ1) is 13.6. The van der Waals surface area contributed by atoms with Crippen LogP contribution in [0.15, 0.2) is 18.3 Å². The van der Waals surface area contributed by atoms with Gasteiger partial charge in [-0.1, -0.05) is 0 Å². The molecule has 0 spiro atoms. The average molecular weight is 445 g/mol. The Hall–Kier alpha value is -3.06. The second-order valence-electron chi connectivity index (χ2n) is 6.28. The number of carboxylic acids is 2. The zero-order valence-corrected chi connectivity index (χ0v) is 15.3. The van der Waals surface area contributed by atoms with Crippen LogP contribution in [0.25, 0.3) is 0 Å². The first-order valence-corrected chi connectivity index (χ1v) is 8.16. The van der Waals surface area contributed by atoms with E-state index in [1.807, 2.05) is 6.92 Å². The maximum absolute atomic E-state index is 12.9. The Kier molecular flexibility index (Phi) is 8.01. The fourth-order valence-electron chi connectivity index (χ4n) is 2.52. The lowest BCUT2D eigenvalue weighted by molar-refractivity contribution is -0.192. The van der Waals surface area contributed by atoms with Gasteiger partial charge in [0.2, 0.25) is 0 Å². The predicted molar refractivity (Wildman–Crippen MR) is 87.1 cm³/mol. The van der Waals surface area contributed by atoms with Crippen molar-refractivity contribution in [2.24, 2.45) is 11.8 Å². The van der Waals surface area contributed by atoms with Gasteiger partial charge >= 0.3 is 30.3 Å². The highest BCUT2D eigenvalue weighted by molar-refractivity contribution is 5.77. The van der Waals surface area contributed by atoms with Crippen LogP contribution in [-0.2, 0) is 16.1 Å². The Balaban J connectivity index is 0.000000553. The molecule has 30 heavy (non-hydrogen) atoms. The molecular formula is C16H17F6N3O5. The van der Waals surface area contributed by atoms with E-state index < -0.39 is 55.2 Å². The molecule has 1 fully saturated rings. The van der Waals surface area contributed by atoms with E-state index in [2.05, 4.69) is 10.3 Å². The maximum atomic E-state index is 12.9. The summed E-state index contributed by atoms with van der Waals surface area (Å²) in [6, 6.07) is 2.78. The maximum Gasteiger partial charge on any atom is 0.490 e. The van der Waals surface area contributed by atoms with E-state index in [9.17, 15) is 35.9 Å². The molecule has 2 heterocycles. The topological polar surface area (TPSA) is 120 Å². The van der Waals surface area contributed by atoms with E-state index in [0.717, 1.165) is 10.5 Å². The smallest absolute Gasteiger partial charge is 0.481 e. The zero-order valence-electron chi connectivity index (χ0n) is 15.3. The number of hydrogen-bond donors (Lipinski definition) is 3. The highest BCUT2D eigenvalue weighted by atomic mass is 19.4. The van der Waals surface area contributed by atoms with Crippen molar-refractivity contribution in [1.82, 2.24) is 15.2 Å². The normalized spacial score (nSPS) is 19.0. The van der Waals surface area contributed by atoms with Crippen molar-refractivity contribution in [3.05, 3.63) is 29.6 Å². The van der Waals surface area contributed by atoms with Gasteiger partial charge in [0.1, 0.15) is 0 Å². The van der Waals surface area contributed by atoms with Gasteiger partial charge in [0.25, 0.3) is 0 Å². The molecule has 1 saturated heterocycles. The van der Waals surface area contributed by atoms with Crippen LogP contribution >= 0.6 is 0 Å². The molecule has 1 aromatic heterocycles. The van der Waals surface area contributed by atoms with Crippen molar-refractivity contribution in [3.8, 4) is 0 Å². The summed E-state index contributed by atoms with van der Waals surface area (Å²) in [6.07, 6.45) is -8.18. The fraction of sp³-hybridized carbons (Fsp3) is 0.500. The number of aliphatic carboxylic acids is 2. The quantitative estimate of drug-likeness (QED) is 0.615. The molecule has 2 atom stereocenters. The third-order valence-corrected chi connectivity index (χ3v) is 3.98. The number of carbonyl (C=O) groups excluding carboxylic acids is 1. The first kappa shape index (κ1) is 25.0. The molecule has 1 aliphatic rings. The molecule has 0 radical (unpaired) electrons. The monoisotopic (exact) mass is 445 g/mol. The van der Waals surface area contributed by atoms with Gasteiger partial charge in [-0.25, -0.2) is 9.59 Å². The molecule has 0 aliphatic carbocycles. The molecule has 3 N–H and O–H groups in total. The molecule has 1 aliphatic heterocycles. The lowest BCUT2D eigenvalue weighted by atomic mass is 9.96. The molecule has 0 aromatic carbocycles. The number of rotatable bonds is 3. The fourth-order valence-corrected chi connectivity index (χ4v) is 2.52. The highest BCUT2D eigenvalue weighted by Crippen LogP contribution is 2.37. The largest absolute Gasteiger partial charge is 0.490 e. The van der Waals surface area contributed by atoms with Gasteiger partial charge in [0.15, 0.2) is 0 Å². The van der Waals surface area contributed by atoms with Crippen LogP contribution in [-0.4, -0.2) is 63.5 Å². The minimum Gasteiger partial charge on any atom is -0.481 e. The zero-order chi connectivity index (χ0) is 23.3. The summed E-state index contributed by atoms with van der Waals surface area (Å²) in [5.74, 6) is -8.00. The molecule has 8 nitrogen and oxygen atoms in total. The number of carbonyl (C=O) groups is 3. The van der Waals surface area contributed by atoms with Crippen LogP contribution in [0.2, 0.25) is 0 Å². The van der Waals surface area contributed by atoms with E-state index in [1.54, 1.807) is 18.3 Å². The number of halogens is 6. The first-order valence-electron chi connectivity index (χ1n) is 8.16. The van der Waals surface area contributed by atoms with Crippen molar-refractivity contribution in [1.29, 1.82) is 0 Å². The summed E-state index contributed by atoms with van der Waals surface area (Å²) >= 11 is 0. The molecule has 2 rings (SSSR count). The molecule has 0 saturated carbocycles. The summed E-state index contributed by atoms with van der Waals surface area (Å²) in [4.78, 5) is 36.8. The number of aryl methyl sites for hydroxylation is 1. The molecular weight excluding hydrogens is 428 g/mol. The molecule has 168 valence electrons. The Labute approximate surface area is 165 Å². The SMILES string of the molecule is Cc1ccnc(CNC(=O)N2C[C@@H](C(F)(F)F)[C@H](C(=O)O)C2)c1.O=C(O)C(F)(F)F. The van der Waals surface area contributed by atoms with E-state index in [1.165, 1.54) is 0 Å². The highest BCUT2D eigenvalue weighted by Gasteiger charge is 2.53. The summed E-state index contributed by atoms with van der Waals surface area (Å²) in [7, 11) is 0. The van der Waals surface area contributed by atoms with Gasteiger partial charge in [-0.05, 0) is 24.6 Å². The number of hydrogen-bond acceptors (Lipinski definition) is 4. The summed E-state index contributed by atoms with van der Waals surface area (Å²) in [5.41, 5.74) is 1.51. The summed E-state index contributed by atoms with van der Waals surface area (Å²) < 4.78 is 70.4. The number of nitrogens with one attached hydrogen (secondary N) is 1. The van der Waals surface area contributed by atoms with Gasteiger partial charge < -0.3 is 20.4 Å². The van der Waals surface area contributed by atoms with Crippen molar-refractivity contribution < 1.29 is 50.9 Å². The van der Waals surface area contributed by atoms with Gasteiger partial charge in [0.05, 0.1) is 24.1 Å². The van der Waals surface area contributed by atoms with Crippen LogP contribution in [0.1, 0.15) is 11.3 Å². The molecule has 2 amide bonds.